The van der Waals surface area contributed by atoms with Crippen molar-refractivity contribution < 1.29 is 9.18 Å². The Labute approximate surface area is 184 Å². The Kier molecular flexibility index (Phi) is 4.52. The summed E-state index contributed by atoms with van der Waals surface area (Å²) in [6.45, 7) is 0.690. The third-order valence-electron chi connectivity index (χ3n) is 6.27. The molecule has 8 heteroatoms. The van der Waals surface area contributed by atoms with Crippen LogP contribution >= 0.6 is 0 Å². The molecule has 1 saturated carbocycles. The van der Waals surface area contributed by atoms with Crippen molar-refractivity contribution in [2.24, 2.45) is 0 Å². The molecule has 2 aromatic carbocycles. The second-order valence-corrected chi connectivity index (χ2v) is 8.62. The largest absolute Gasteiger partial charge is 0.354 e. The van der Waals surface area contributed by atoms with E-state index < -0.39 is 0 Å². The summed E-state index contributed by atoms with van der Waals surface area (Å²) in [6, 6.07) is 12.0. The average molecular weight is 430 g/mol. The minimum Gasteiger partial charge on any atom is -0.354 e. The number of rotatable bonds is 4. The first-order valence-corrected chi connectivity index (χ1v) is 11.2. The normalized spacial score (nSPS) is 19.2. The van der Waals surface area contributed by atoms with Crippen LogP contribution in [0.4, 0.5) is 10.3 Å². The van der Waals surface area contributed by atoms with Crippen molar-refractivity contribution in [2.75, 3.05) is 11.9 Å². The Morgan fingerprint density at radius 2 is 1.94 bits per heavy atom. The lowest BCUT2D eigenvalue weighted by atomic mass is 10.1. The number of nitrogens with zero attached hydrogens (tertiary/aromatic N) is 4. The van der Waals surface area contributed by atoms with Crippen LogP contribution in [0.5, 0.6) is 0 Å². The summed E-state index contributed by atoms with van der Waals surface area (Å²) < 4.78 is 15.6. The molecule has 0 spiro atoms. The molecule has 2 aliphatic rings. The van der Waals surface area contributed by atoms with Crippen LogP contribution in [0.1, 0.15) is 43.6 Å². The number of halogens is 1. The number of carbonyl (C=O) groups is 1. The van der Waals surface area contributed by atoms with Crippen molar-refractivity contribution in [2.45, 2.75) is 44.1 Å². The van der Waals surface area contributed by atoms with Gasteiger partial charge in [-0.3, -0.25) is 4.79 Å². The van der Waals surface area contributed by atoms with Gasteiger partial charge in [-0.25, -0.2) is 14.4 Å². The number of hydrogen-bond donors (Lipinski definition) is 2. The maximum atomic E-state index is 13.9. The maximum Gasteiger partial charge on any atom is 0.242 e. The molecular formula is C24H23FN6O. The maximum absolute atomic E-state index is 13.9. The summed E-state index contributed by atoms with van der Waals surface area (Å²) in [4.78, 5) is 22.2. The van der Waals surface area contributed by atoms with E-state index in [1.54, 1.807) is 16.6 Å². The predicted octanol–water partition coefficient (Wildman–Crippen LogP) is 4.04. The lowest BCUT2D eigenvalue weighted by molar-refractivity contribution is -0.121. The van der Waals surface area contributed by atoms with Gasteiger partial charge in [-0.15, -0.1) is 5.10 Å². The van der Waals surface area contributed by atoms with E-state index in [-0.39, 0.29) is 17.8 Å². The van der Waals surface area contributed by atoms with Crippen molar-refractivity contribution in [1.29, 1.82) is 0 Å². The number of carbonyl (C=O) groups excluding carboxylic acids is 1. The molecule has 162 valence electrons. The van der Waals surface area contributed by atoms with Gasteiger partial charge in [0.25, 0.3) is 0 Å². The van der Waals surface area contributed by atoms with E-state index in [9.17, 15) is 9.18 Å². The van der Waals surface area contributed by atoms with E-state index >= 15 is 0 Å². The van der Waals surface area contributed by atoms with Gasteiger partial charge in [0, 0.05) is 17.5 Å². The van der Waals surface area contributed by atoms with E-state index in [1.165, 1.54) is 17.7 Å². The number of benzene rings is 2. The molecule has 1 saturated heterocycles. The summed E-state index contributed by atoms with van der Waals surface area (Å²) >= 11 is 0. The summed E-state index contributed by atoms with van der Waals surface area (Å²) in [5, 5.41) is 11.9. The number of amides is 1. The minimum atomic E-state index is -0.390. The molecule has 1 aliphatic carbocycles. The van der Waals surface area contributed by atoms with Crippen molar-refractivity contribution >= 4 is 28.4 Å². The summed E-state index contributed by atoms with van der Waals surface area (Å²) in [5.41, 5.74) is 3.31. The highest BCUT2D eigenvalue weighted by molar-refractivity contribution is 5.96. The number of anilines is 1. The third-order valence-corrected chi connectivity index (χ3v) is 6.27. The van der Waals surface area contributed by atoms with Crippen LogP contribution in [-0.4, -0.2) is 38.1 Å². The zero-order chi connectivity index (χ0) is 21.7. The van der Waals surface area contributed by atoms with Gasteiger partial charge in [0.05, 0.1) is 5.52 Å². The molecule has 2 fully saturated rings. The van der Waals surface area contributed by atoms with Crippen molar-refractivity contribution in [3.05, 3.63) is 53.8 Å². The van der Waals surface area contributed by atoms with Crippen LogP contribution in [0.25, 0.3) is 27.9 Å². The predicted molar refractivity (Wildman–Crippen MR) is 120 cm³/mol. The fourth-order valence-corrected chi connectivity index (χ4v) is 4.49. The van der Waals surface area contributed by atoms with E-state index in [0.29, 0.717) is 35.4 Å². The van der Waals surface area contributed by atoms with Gasteiger partial charge in [0.15, 0.2) is 11.5 Å². The Bertz CT molecular complexity index is 1350. The molecule has 0 radical (unpaired) electrons. The number of fused-ring (bicyclic) bond motifs is 3. The standard InChI is InChI=1S/C24H23FN6O/c25-16-6-3-5-15(13-16)21-29-22-20-17(14-10-11-14)7-4-9-18(20)27-24(31(22)30-21)28-19-8-1-2-12-26-23(19)32/h3-7,9,13-14,19H,1-2,8,10-12H2,(H,26,32)(H,27,28)/t19-/m1/s1. The molecule has 1 amide bonds. The molecule has 6 rings (SSSR count). The highest BCUT2D eigenvalue weighted by Gasteiger charge is 2.29. The van der Waals surface area contributed by atoms with Gasteiger partial charge in [-0.2, -0.15) is 4.52 Å². The molecule has 4 aromatic rings. The number of hydrogen-bond acceptors (Lipinski definition) is 5. The Hall–Kier alpha value is -3.55. The fourth-order valence-electron chi connectivity index (χ4n) is 4.49. The zero-order valence-electron chi connectivity index (χ0n) is 17.5. The quantitative estimate of drug-likeness (QED) is 0.511. The number of aromatic nitrogens is 4. The molecule has 0 bridgehead atoms. The van der Waals surface area contributed by atoms with Crippen LogP contribution in [0.15, 0.2) is 42.5 Å². The molecule has 32 heavy (non-hydrogen) atoms. The molecule has 1 aliphatic heterocycles. The van der Waals surface area contributed by atoms with Crippen molar-refractivity contribution in [3.8, 4) is 11.4 Å². The van der Waals surface area contributed by atoms with Crippen LogP contribution < -0.4 is 10.6 Å². The Morgan fingerprint density at radius 1 is 1.06 bits per heavy atom. The van der Waals surface area contributed by atoms with Crippen molar-refractivity contribution in [1.82, 2.24) is 24.9 Å². The lowest BCUT2D eigenvalue weighted by Crippen LogP contribution is -2.38. The first kappa shape index (κ1) is 19.2. The van der Waals surface area contributed by atoms with E-state index in [1.807, 2.05) is 12.1 Å². The van der Waals surface area contributed by atoms with E-state index in [2.05, 4.69) is 16.7 Å². The van der Waals surface area contributed by atoms with Crippen molar-refractivity contribution in [3.63, 3.8) is 0 Å². The molecule has 2 N–H and O–H groups in total. The van der Waals surface area contributed by atoms with Gasteiger partial charge in [-0.1, -0.05) is 24.3 Å². The molecule has 3 heterocycles. The molecule has 0 unspecified atom stereocenters. The second kappa shape index (κ2) is 7.55. The Balaban J connectivity index is 1.55. The number of nitrogens with one attached hydrogen (secondary N) is 2. The lowest BCUT2D eigenvalue weighted by Gasteiger charge is -2.17. The molecule has 1 atom stereocenters. The summed E-state index contributed by atoms with van der Waals surface area (Å²) in [7, 11) is 0. The molecular weight excluding hydrogens is 407 g/mol. The van der Waals surface area contributed by atoms with Gasteiger partial charge < -0.3 is 10.6 Å². The average Bonchev–Trinajstić information content (AvgIpc) is 3.57. The van der Waals surface area contributed by atoms with Gasteiger partial charge >= 0.3 is 0 Å². The monoisotopic (exact) mass is 430 g/mol. The minimum absolute atomic E-state index is 0.0326. The zero-order valence-corrected chi connectivity index (χ0v) is 17.5. The van der Waals surface area contributed by atoms with Crippen LogP contribution in [0, 0.1) is 5.82 Å². The van der Waals surface area contributed by atoms with E-state index in [4.69, 9.17) is 15.1 Å². The van der Waals surface area contributed by atoms with Gasteiger partial charge in [0.2, 0.25) is 11.9 Å². The topological polar surface area (TPSA) is 84.2 Å². The smallest absolute Gasteiger partial charge is 0.242 e. The third kappa shape index (κ3) is 3.36. The van der Waals surface area contributed by atoms with Crippen LogP contribution in [0.2, 0.25) is 0 Å². The first-order valence-electron chi connectivity index (χ1n) is 11.2. The highest BCUT2D eigenvalue weighted by Crippen LogP contribution is 2.44. The second-order valence-electron chi connectivity index (χ2n) is 8.62. The highest BCUT2D eigenvalue weighted by atomic mass is 19.1. The molecule has 7 nitrogen and oxygen atoms in total. The summed E-state index contributed by atoms with van der Waals surface area (Å²) in [6.07, 6.45) is 4.94. The van der Waals surface area contributed by atoms with E-state index in [0.717, 1.165) is 43.0 Å². The Morgan fingerprint density at radius 3 is 2.78 bits per heavy atom. The first-order chi connectivity index (χ1) is 15.7. The van der Waals surface area contributed by atoms with Gasteiger partial charge in [0.1, 0.15) is 11.9 Å². The van der Waals surface area contributed by atoms with Gasteiger partial charge in [-0.05, 0) is 61.8 Å². The van der Waals surface area contributed by atoms with Crippen LogP contribution in [0.3, 0.4) is 0 Å². The fraction of sp³-hybridized carbons (Fsp3) is 0.333. The van der Waals surface area contributed by atoms with Crippen LogP contribution in [-0.2, 0) is 4.79 Å². The SMILES string of the molecule is O=C1NCCCC[C@H]1Nc1nc2cccc(C3CC3)c2c2nc(-c3cccc(F)c3)nn12. The molecule has 2 aromatic heterocycles. The summed E-state index contributed by atoms with van der Waals surface area (Å²) in [5.74, 6) is 1.03.